The Morgan fingerprint density at radius 3 is 1.62 bits per heavy atom. The van der Waals surface area contributed by atoms with Crippen LogP contribution in [0.3, 0.4) is 0 Å². The summed E-state index contributed by atoms with van der Waals surface area (Å²) >= 11 is 1.89. The number of fused-ring (bicyclic) bond motifs is 7. The van der Waals surface area contributed by atoms with Crippen LogP contribution in [0.2, 0.25) is 0 Å². The predicted molar refractivity (Wildman–Crippen MR) is 273 cm³/mol. The summed E-state index contributed by atoms with van der Waals surface area (Å²) in [6.45, 7) is 4.75. The second kappa shape index (κ2) is 15.1. The van der Waals surface area contributed by atoms with Crippen LogP contribution in [0.15, 0.2) is 237 Å². The van der Waals surface area contributed by atoms with E-state index < -0.39 is 5.41 Å². The number of anilines is 3. The Hall–Kier alpha value is -7.52. The van der Waals surface area contributed by atoms with Gasteiger partial charge in [-0.05, 0) is 91.7 Å². The van der Waals surface area contributed by atoms with Crippen molar-refractivity contribution in [2.45, 2.75) is 24.7 Å². The van der Waals surface area contributed by atoms with Crippen LogP contribution in [0.1, 0.15) is 47.2 Å². The third-order valence-electron chi connectivity index (χ3n) is 13.8. The maximum Gasteiger partial charge on any atom is 0.0701 e. The summed E-state index contributed by atoms with van der Waals surface area (Å²) in [5.74, 6) is 0. The van der Waals surface area contributed by atoms with E-state index in [4.69, 9.17) is 0 Å². The first-order valence-electron chi connectivity index (χ1n) is 22.3. The van der Waals surface area contributed by atoms with Crippen LogP contribution >= 0.6 is 11.3 Å². The molecule has 0 saturated heterocycles. The number of hydrogen-bond donors (Lipinski definition) is 0. The third-order valence-corrected chi connectivity index (χ3v) is 15.0. The SMILES string of the molecule is CC1(C)c2ccccc2-c2ccc(N(c3ccc(C(c4ccccc4)(c4ccccc4)c4ccccc4)cc3)c3ccc4ccccc4c3-c3cccc4c3sc3ccccc34)cc21. The fraction of sp³-hybridized carbons (Fsp3) is 0.0645. The van der Waals surface area contributed by atoms with E-state index in [1.165, 1.54) is 86.6 Å². The molecule has 1 heterocycles. The summed E-state index contributed by atoms with van der Waals surface area (Å²) in [5, 5.41) is 5.05. The first-order chi connectivity index (χ1) is 31.5. The maximum atomic E-state index is 2.52. The molecule has 304 valence electrons. The van der Waals surface area contributed by atoms with Gasteiger partial charge in [-0.1, -0.05) is 214 Å². The van der Waals surface area contributed by atoms with Gasteiger partial charge in [0, 0.05) is 48.1 Å². The highest BCUT2D eigenvalue weighted by atomic mass is 32.1. The summed E-state index contributed by atoms with van der Waals surface area (Å²) in [7, 11) is 0. The van der Waals surface area contributed by atoms with Crippen LogP contribution in [0.25, 0.3) is 53.2 Å². The van der Waals surface area contributed by atoms with Crippen molar-refractivity contribution in [2.75, 3.05) is 4.90 Å². The van der Waals surface area contributed by atoms with E-state index in [-0.39, 0.29) is 5.41 Å². The van der Waals surface area contributed by atoms with Gasteiger partial charge in [-0.15, -0.1) is 11.3 Å². The molecule has 0 fully saturated rings. The highest BCUT2D eigenvalue weighted by Gasteiger charge is 2.39. The molecule has 0 bridgehead atoms. The summed E-state index contributed by atoms with van der Waals surface area (Å²) in [4.78, 5) is 2.52. The highest BCUT2D eigenvalue weighted by molar-refractivity contribution is 7.26. The number of thiophene rings is 1. The molecule has 12 rings (SSSR count). The predicted octanol–water partition coefficient (Wildman–Crippen LogP) is 17.0. The smallest absolute Gasteiger partial charge is 0.0701 e. The Kier molecular flexibility index (Phi) is 9.00. The molecule has 1 aliphatic rings. The van der Waals surface area contributed by atoms with E-state index in [1.54, 1.807) is 0 Å². The van der Waals surface area contributed by atoms with Gasteiger partial charge in [0.05, 0.1) is 11.1 Å². The molecule has 1 aliphatic carbocycles. The monoisotopic (exact) mass is 835 g/mol. The van der Waals surface area contributed by atoms with E-state index >= 15 is 0 Å². The summed E-state index contributed by atoms with van der Waals surface area (Å²) in [6, 6.07) is 87.8. The molecule has 1 aromatic heterocycles. The fourth-order valence-electron chi connectivity index (χ4n) is 10.9. The number of rotatable bonds is 8. The zero-order valence-corrected chi connectivity index (χ0v) is 36.7. The van der Waals surface area contributed by atoms with Crippen molar-refractivity contribution < 1.29 is 0 Å². The van der Waals surface area contributed by atoms with Gasteiger partial charge in [0.1, 0.15) is 0 Å². The fourth-order valence-corrected chi connectivity index (χ4v) is 12.1. The topological polar surface area (TPSA) is 3.24 Å². The van der Waals surface area contributed by atoms with E-state index in [0.29, 0.717) is 0 Å². The van der Waals surface area contributed by atoms with Crippen molar-refractivity contribution in [3.63, 3.8) is 0 Å². The van der Waals surface area contributed by atoms with E-state index in [9.17, 15) is 0 Å². The molecule has 0 atom stereocenters. The summed E-state index contributed by atoms with van der Waals surface area (Å²) in [6.07, 6.45) is 0. The molecule has 0 radical (unpaired) electrons. The molecular weight excluding hydrogens is 791 g/mol. The van der Waals surface area contributed by atoms with Gasteiger partial charge < -0.3 is 4.90 Å². The normalized spacial score (nSPS) is 13.0. The lowest BCUT2D eigenvalue weighted by Crippen LogP contribution is -2.31. The highest BCUT2D eigenvalue weighted by Crippen LogP contribution is 2.53. The van der Waals surface area contributed by atoms with Crippen LogP contribution in [0.5, 0.6) is 0 Å². The van der Waals surface area contributed by atoms with Crippen molar-refractivity contribution in [1.29, 1.82) is 0 Å². The van der Waals surface area contributed by atoms with Crippen LogP contribution < -0.4 is 4.90 Å². The molecule has 11 aromatic rings. The van der Waals surface area contributed by atoms with Crippen molar-refractivity contribution >= 4 is 59.3 Å². The van der Waals surface area contributed by atoms with Gasteiger partial charge in [0.2, 0.25) is 0 Å². The minimum Gasteiger partial charge on any atom is -0.310 e. The van der Waals surface area contributed by atoms with Crippen molar-refractivity contribution in [1.82, 2.24) is 0 Å². The third kappa shape index (κ3) is 5.83. The van der Waals surface area contributed by atoms with Gasteiger partial charge in [-0.25, -0.2) is 0 Å². The molecule has 0 saturated carbocycles. The average Bonchev–Trinajstić information content (AvgIpc) is 3.85. The largest absolute Gasteiger partial charge is 0.310 e. The molecule has 64 heavy (non-hydrogen) atoms. The lowest BCUT2D eigenvalue weighted by atomic mass is 9.65. The lowest BCUT2D eigenvalue weighted by molar-refractivity contribution is 0.660. The van der Waals surface area contributed by atoms with Gasteiger partial charge in [-0.3, -0.25) is 0 Å². The standard InChI is InChI=1S/C62H45NS/c1-61(2)55-31-16-14-27-50(55)51-39-38-48(41-56(51)61)63(57-40-33-42-19-12-13-26-49(42)59(57)54-30-18-29-53-52-28-15-17-32-58(52)64-60(53)54)47-36-34-46(35-37-47)62(43-20-6-3-7-21-43,44-22-8-4-9-23-44)45-24-10-5-11-25-45/h3-41H,1-2H3. The second-order valence-electron chi connectivity index (χ2n) is 17.6. The molecule has 0 amide bonds. The Morgan fingerprint density at radius 1 is 0.391 bits per heavy atom. The van der Waals surface area contributed by atoms with Crippen LogP contribution in [0.4, 0.5) is 17.1 Å². The summed E-state index contributed by atoms with van der Waals surface area (Å²) in [5.41, 5.74) is 15.4. The first kappa shape index (κ1) is 38.2. The minimum absolute atomic E-state index is 0.160. The van der Waals surface area contributed by atoms with E-state index in [2.05, 4.69) is 255 Å². The minimum atomic E-state index is -0.554. The molecule has 0 unspecified atom stereocenters. The quantitative estimate of drug-likeness (QED) is 0.138. The van der Waals surface area contributed by atoms with E-state index in [1.807, 2.05) is 11.3 Å². The van der Waals surface area contributed by atoms with Crippen molar-refractivity contribution in [3.8, 4) is 22.3 Å². The Bertz CT molecular complexity index is 3410. The second-order valence-corrected chi connectivity index (χ2v) is 18.6. The molecule has 2 heteroatoms. The molecule has 0 spiro atoms. The number of hydrogen-bond acceptors (Lipinski definition) is 2. The van der Waals surface area contributed by atoms with Crippen LogP contribution in [0, 0.1) is 0 Å². The Balaban J connectivity index is 1.13. The summed E-state index contributed by atoms with van der Waals surface area (Å²) < 4.78 is 2.61. The van der Waals surface area contributed by atoms with Crippen LogP contribution in [-0.4, -0.2) is 0 Å². The molecule has 10 aromatic carbocycles. The Morgan fingerprint density at radius 2 is 0.922 bits per heavy atom. The zero-order valence-electron chi connectivity index (χ0n) is 35.9. The van der Waals surface area contributed by atoms with Crippen LogP contribution in [-0.2, 0) is 10.8 Å². The van der Waals surface area contributed by atoms with Gasteiger partial charge in [0.25, 0.3) is 0 Å². The lowest BCUT2D eigenvalue weighted by Gasteiger charge is -2.37. The maximum absolute atomic E-state index is 2.52. The molecular formula is C62H45NS. The number of nitrogens with zero attached hydrogens (tertiary/aromatic N) is 1. The average molecular weight is 836 g/mol. The van der Waals surface area contributed by atoms with E-state index in [0.717, 1.165) is 17.1 Å². The number of benzene rings is 10. The van der Waals surface area contributed by atoms with Crippen molar-refractivity contribution in [3.05, 3.63) is 270 Å². The molecule has 0 aliphatic heterocycles. The molecule has 1 nitrogen and oxygen atoms in total. The van der Waals surface area contributed by atoms with Gasteiger partial charge >= 0.3 is 0 Å². The van der Waals surface area contributed by atoms with Gasteiger partial charge in [-0.2, -0.15) is 0 Å². The molecule has 0 N–H and O–H groups in total. The van der Waals surface area contributed by atoms with Gasteiger partial charge in [0.15, 0.2) is 0 Å². The first-order valence-corrected chi connectivity index (χ1v) is 23.1. The Labute approximate surface area is 379 Å². The zero-order chi connectivity index (χ0) is 42.8. The van der Waals surface area contributed by atoms with Crippen molar-refractivity contribution in [2.24, 2.45) is 0 Å².